The third-order valence-corrected chi connectivity index (χ3v) is 4.92. The SMILES string of the molecule is Cc1ccc2nc3c(c(C(=O)NCCNc4cnccn4)c2c1)CCCC3. The Kier molecular flexibility index (Phi) is 4.96. The van der Waals surface area contributed by atoms with Gasteiger partial charge in [-0.1, -0.05) is 11.6 Å². The molecule has 1 aliphatic carbocycles. The first-order valence-electron chi connectivity index (χ1n) is 9.42. The summed E-state index contributed by atoms with van der Waals surface area (Å²) in [6, 6.07) is 6.15. The second-order valence-electron chi connectivity index (χ2n) is 6.91. The van der Waals surface area contributed by atoms with Gasteiger partial charge in [-0.05, 0) is 50.3 Å². The summed E-state index contributed by atoms with van der Waals surface area (Å²) in [7, 11) is 0. The highest BCUT2D eigenvalue weighted by Gasteiger charge is 2.22. The van der Waals surface area contributed by atoms with Gasteiger partial charge in [0.15, 0.2) is 0 Å². The second-order valence-corrected chi connectivity index (χ2v) is 6.91. The van der Waals surface area contributed by atoms with Crippen molar-refractivity contribution in [3.05, 3.63) is 59.2 Å². The van der Waals surface area contributed by atoms with E-state index in [1.165, 1.54) is 0 Å². The predicted molar refractivity (Wildman–Crippen MR) is 106 cm³/mol. The van der Waals surface area contributed by atoms with E-state index < -0.39 is 0 Å². The van der Waals surface area contributed by atoms with Gasteiger partial charge in [0.25, 0.3) is 5.91 Å². The summed E-state index contributed by atoms with van der Waals surface area (Å²) >= 11 is 0. The van der Waals surface area contributed by atoms with Gasteiger partial charge in [-0.3, -0.25) is 14.8 Å². The highest BCUT2D eigenvalue weighted by Crippen LogP contribution is 2.29. The van der Waals surface area contributed by atoms with E-state index in [4.69, 9.17) is 4.98 Å². The van der Waals surface area contributed by atoms with Crippen molar-refractivity contribution in [2.45, 2.75) is 32.6 Å². The molecule has 4 rings (SSSR count). The summed E-state index contributed by atoms with van der Waals surface area (Å²) in [5, 5.41) is 7.17. The molecule has 1 aliphatic rings. The summed E-state index contributed by atoms with van der Waals surface area (Å²) in [5.74, 6) is 0.682. The quantitative estimate of drug-likeness (QED) is 0.683. The minimum absolute atomic E-state index is 0.0212. The molecule has 2 N–H and O–H groups in total. The Morgan fingerprint density at radius 2 is 2.04 bits per heavy atom. The number of benzene rings is 1. The molecule has 0 radical (unpaired) electrons. The summed E-state index contributed by atoms with van der Waals surface area (Å²) in [4.78, 5) is 26.1. The normalized spacial score (nSPS) is 13.2. The van der Waals surface area contributed by atoms with Crippen LogP contribution in [0.5, 0.6) is 0 Å². The maximum absolute atomic E-state index is 13.1. The molecule has 2 heterocycles. The van der Waals surface area contributed by atoms with Crippen LogP contribution in [0.2, 0.25) is 0 Å². The Labute approximate surface area is 158 Å². The Hall–Kier alpha value is -3.02. The Balaban J connectivity index is 1.56. The minimum Gasteiger partial charge on any atom is -0.367 e. The van der Waals surface area contributed by atoms with Crippen molar-refractivity contribution < 1.29 is 4.79 Å². The zero-order valence-corrected chi connectivity index (χ0v) is 15.5. The topological polar surface area (TPSA) is 79.8 Å². The Morgan fingerprint density at radius 1 is 1.15 bits per heavy atom. The lowest BCUT2D eigenvalue weighted by molar-refractivity contribution is 0.0955. The molecule has 1 amide bonds. The van der Waals surface area contributed by atoms with Crippen molar-refractivity contribution in [1.29, 1.82) is 0 Å². The number of nitrogens with zero attached hydrogens (tertiary/aromatic N) is 3. The van der Waals surface area contributed by atoms with E-state index in [2.05, 4.69) is 32.7 Å². The Morgan fingerprint density at radius 3 is 2.89 bits per heavy atom. The van der Waals surface area contributed by atoms with Crippen molar-refractivity contribution in [2.24, 2.45) is 0 Å². The first-order valence-corrected chi connectivity index (χ1v) is 9.42. The molecule has 138 valence electrons. The van der Waals surface area contributed by atoms with Crippen LogP contribution >= 0.6 is 0 Å². The van der Waals surface area contributed by atoms with E-state index in [1.807, 2.05) is 13.0 Å². The molecule has 0 saturated carbocycles. The number of hydrogen-bond donors (Lipinski definition) is 2. The van der Waals surface area contributed by atoms with E-state index in [1.54, 1.807) is 18.6 Å². The number of aromatic nitrogens is 3. The highest BCUT2D eigenvalue weighted by molar-refractivity contribution is 6.08. The largest absolute Gasteiger partial charge is 0.367 e. The highest BCUT2D eigenvalue weighted by atomic mass is 16.1. The number of nitrogens with one attached hydrogen (secondary N) is 2. The van der Waals surface area contributed by atoms with Crippen molar-refractivity contribution >= 4 is 22.6 Å². The number of amides is 1. The lowest BCUT2D eigenvalue weighted by atomic mass is 9.89. The molecule has 3 aromatic rings. The van der Waals surface area contributed by atoms with Gasteiger partial charge < -0.3 is 10.6 Å². The zero-order chi connectivity index (χ0) is 18.6. The molecule has 2 aromatic heterocycles. The molecule has 0 spiro atoms. The second kappa shape index (κ2) is 7.70. The fourth-order valence-corrected chi connectivity index (χ4v) is 3.64. The number of hydrogen-bond acceptors (Lipinski definition) is 5. The van der Waals surface area contributed by atoms with E-state index in [9.17, 15) is 4.79 Å². The number of anilines is 1. The summed E-state index contributed by atoms with van der Waals surface area (Å²) < 4.78 is 0. The molecule has 6 heteroatoms. The van der Waals surface area contributed by atoms with E-state index in [0.717, 1.165) is 59.0 Å². The number of carbonyl (C=O) groups excluding carboxylic acids is 1. The van der Waals surface area contributed by atoms with E-state index >= 15 is 0 Å². The number of aryl methyl sites for hydroxylation is 2. The summed E-state index contributed by atoms with van der Waals surface area (Å²) in [5.41, 5.74) is 5.06. The van der Waals surface area contributed by atoms with Crippen molar-refractivity contribution in [3.63, 3.8) is 0 Å². The van der Waals surface area contributed by atoms with Crippen molar-refractivity contribution in [3.8, 4) is 0 Å². The summed E-state index contributed by atoms with van der Waals surface area (Å²) in [6.07, 6.45) is 9.06. The first kappa shape index (κ1) is 17.4. The molecule has 0 unspecified atom stereocenters. The maximum Gasteiger partial charge on any atom is 0.252 e. The lowest BCUT2D eigenvalue weighted by Crippen LogP contribution is -2.30. The molecule has 0 saturated heterocycles. The molecule has 0 aliphatic heterocycles. The molecule has 0 bridgehead atoms. The van der Waals surface area contributed by atoms with Crippen LogP contribution in [0.25, 0.3) is 10.9 Å². The maximum atomic E-state index is 13.1. The molecular weight excluding hydrogens is 338 g/mol. The average Bonchev–Trinajstić information content (AvgIpc) is 2.70. The van der Waals surface area contributed by atoms with Crippen LogP contribution in [0.15, 0.2) is 36.8 Å². The Bertz CT molecular complexity index is 971. The molecule has 27 heavy (non-hydrogen) atoms. The van der Waals surface area contributed by atoms with Crippen LogP contribution in [0, 0.1) is 6.92 Å². The number of fused-ring (bicyclic) bond motifs is 2. The third kappa shape index (κ3) is 3.74. The number of rotatable bonds is 5. The molecule has 0 fully saturated rings. The standard InChI is InChI=1S/C21H23N5O/c1-14-6-7-18-16(12-14)20(15-4-2-3-5-17(15)26-18)21(27)25-11-10-24-19-13-22-8-9-23-19/h6-9,12-13H,2-5,10-11H2,1H3,(H,23,24)(H,25,27). The van der Waals surface area contributed by atoms with Crippen LogP contribution in [0.4, 0.5) is 5.82 Å². The smallest absolute Gasteiger partial charge is 0.252 e. The van der Waals surface area contributed by atoms with E-state index in [-0.39, 0.29) is 5.91 Å². The van der Waals surface area contributed by atoms with Gasteiger partial charge in [0.1, 0.15) is 5.82 Å². The van der Waals surface area contributed by atoms with Crippen molar-refractivity contribution in [2.75, 3.05) is 18.4 Å². The third-order valence-electron chi connectivity index (χ3n) is 4.92. The van der Waals surface area contributed by atoms with Gasteiger partial charge in [0.05, 0.1) is 17.3 Å². The zero-order valence-electron chi connectivity index (χ0n) is 15.5. The molecule has 0 atom stereocenters. The van der Waals surface area contributed by atoms with Crippen LogP contribution in [-0.4, -0.2) is 33.9 Å². The van der Waals surface area contributed by atoms with Crippen LogP contribution in [0.3, 0.4) is 0 Å². The monoisotopic (exact) mass is 361 g/mol. The van der Waals surface area contributed by atoms with Crippen LogP contribution in [-0.2, 0) is 12.8 Å². The van der Waals surface area contributed by atoms with Gasteiger partial charge in [-0.15, -0.1) is 0 Å². The van der Waals surface area contributed by atoms with Crippen LogP contribution < -0.4 is 10.6 Å². The molecule has 1 aromatic carbocycles. The van der Waals surface area contributed by atoms with Gasteiger partial charge in [0.2, 0.25) is 0 Å². The fraction of sp³-hybridized carbons (Fsp3) is 0.333. The number of carbonyl (C=O) groups is 1. The molecular formula is C21H23N5O. The van der Waals surface area contributed by atoms with Gasteiger partial charge in [0, 0.05) is 36.6 Å². The molecule has 6 nitrogen and oxygen atoms in total. The predicted octanol–water partition coefficient (Wildman–Crippen LogP) is 3.05. The van der Waals surface area contributed by atoms with Crippen LogP contribution in [0.1, 0.15) is 40.0 Å². The van der Waals surface area contributed by atoms with Gasteiger partial charge >= 0.3 is 0 Å². The van der Waals surface area contributed by atoms with Gasteiger partial charge in [-0.25, -0.2) is 4.98 Å². The van der Waals surface area contributed by atoms with E-state index in [0.29, 0.717) is 18.9 Å². The fourth-order valence-electron chi connectivity index (χ4n) is 3.64. The van der Waals surface area contributed by atoms with Crippen molar-refractivity contribution in [1.82, 2.24) is 20.3 Å². The number of pyridine rings is 1. The first-order chi connectivity index (χ1) is 13.2. The lowest BCUT2D eigenvalue weighted by Gasteiger charge is -2.20. The van der Waals surface area contributed by atoms with Gasteiger partial charge in [-0.2, -0.15) is 0 Å². The minimum atomic E-state index is -0.0212. The average molecular weight is 361 g/mol. The summed E-state index contributed by atoms with van der Waals surface area (Å²) in [6.45, 7) is 3.15.